The minimum absolute atomic E-state index is 0.0128. The lowest BCUT2D eigenvalue weighted by molar-refractivity contribution is 0.425. The second-order valence-corrected chi connectivity index (χ2v) is 7.66. The van der Waals surface area contributed by atoms with Crippen molar-refractivity contribution in [2.45, 2.75) is 44.8 Å². The van der Waals surface area contributed by atoms with Crippen LogP contribution in [0.5, 0.6) is 0 Å². The van der Waals surface area contributed by atoms with Gasteiger partial charge in [0.1, 0.15) is 18.0 Å². The van der Waals surface area contributed by atoms with Gasteiger partial charge in [-0.15, -0.1) is 0 Å². The van der Waals surface area contributed by atoms with Gasteiger partial charge in [0.15, 0.2) is 5.82 Å². The van der Waals surface area contributed by atoms with E-state index in [0.29, 0.717) is 0 Å². The molecular weight excluding hydrogens is 369 g/mol. The van der Waals surface area contributed by atoms with Crippen molar-refractivity contribution in [3.8, 4) is 5.82 Å². The quantitative estimate of drug-likeness (QED) is 0.619. The summed E-state index contributed by atoms with van der Waals surface area (Å²) in [5.41, 5.74) is 10.3. The van der Waals surface area contributed by atoms with Gasteiger partial charge in [0.25, 0.3) is 0 Å². The molecular formula is C21H24FN7. The summed E-state index contributed by atoms with van der Waals surface area (Å²) in [5.74, 6) is 1.57. The molecule has 0 radical (unpaired) electrons. The molecule has 2 aromatic heterocycles. The average molecular weight is 393 g/mol. The number of hydrogen-bond donors (Lipinski definition) is 3. The lowest BCUT2D eigenvalue weighted by Crippen LogP contribution is -2.38. The van der Waals surface area contributed by atoms with E-state index in [1.807, 2.05) is 29.1 Å². The Hall–Kier alpha value is -2.84. The highest BCUT2D eigenvalue weighted by Crippen LogP contribution is 2.32. The molecule has 3 atom stereocenters. The molecule has 1 aromatic carbocycles. The molecule has 1 fully saturated rings. The number of hydrazine groups is 1. The zero-order valence-electron chi connectivity index (χ0n) is 16.3. The van der Waals surface area contributed by atoms with Gasteiger partial charge in [-0.2, -0.15) is 5.10 Å². The molecule has 8 heteroatoms. The lowest BCUT2D eigenvalue weighted by atomic mass is 9.90. The van der Waals surface area contributed by atoms with E-state index in [2.05, 4.69) is 38.2 Å². The Morgan fingerprint density at radius 1 is 1.17 bits per heavy atom. The van der Waals surface area contributed by atoms with E-state index >= 15 is 0 Å². The first-order valence-corrected chi connectivity index (χ1v) is 10.1. The van der Waals surface area contributed by atoms with E-state index in [1.54, 1.807) is 6.33 Å². The molecule has 1 aliphatic carbocycles. The molecule has 29 heavy (non-hydrogen) atoms. The first kappa shape index (κ1) is 18.2. The van der Waals surface area contributed by atoms with Crippen LogP contribution in [0.25, 0.3) is 5.82 Å². The van der Waals surface area contributed by atoms with Crippen molar-refractivity contribution in [1.82, 2.24) is 30.6 Å². The van der Waals surface area contributed by atoms with Crippen LogP contribution in [-0.2, 0) is 12.8 Å². The number of fused-ring (bicyclic) bond motifs is 1. The van der Waals surface area contributed by atoms with Gasteiger partial charge >= 0.3 is 0 Å². The van der Waals surface area contributed by atoms with E-state index < -0.39 is 0 Å². The summed E-state index contributed by atoms with van der Waals surface area (Å²) in [4.78, 5) is 8.83. The van der Waals surface area contributed by atoms with Crippen molar-refractivity contribution in [3.63, 3.8) is 0 Å². The van der Waals surface area contributed by atoms with Crippen molar-refractivity contribution in [1.29, 1.82) is 0 Å². The van der Waals surface area contributed by atoms with Crippen LogP contribution < -0.4 is 16.2 Å². The number of nitrogens with zero attached hydrogens (tertiary/aromatic N) is 4. The monoisotopic (exact) mass is 393 g/mol. The first-order valence-electron chi connectivity index (χ1n) is 10.1. The third-order valence-corrected chi connectivity index (χ3v) is 5.94. The number of aryl methyl sites for hydroxylation is 1. The van der Waals surface area contributed by atoms with Crippen LogP contribution in [-0.4, -0.2) is 25.9 Å². The number of halogens is 1. The molecule has 0 spiro atoms. The number of nitrogens with one attached hydrogen (secondary N) is 3. The Morgan fingerprint density at radius 3 is 2.86 bits per heavy atom. The van der Waals surface area contributed by atoms with Crippen LogP contribution in [0.15, 0.2) is 42.9 Å². The molecule has 3 N–H and O–H groups in total. The number of aromatic nitrogens is 4. The Kier molecular flexibility index (Phi) is 4.73. The van der Waals surface area contributed by atoms with E-state index in [0.717, 1.165) is 36.5 Å². The second-order valence-electron chi connectivity index (χ2n) is 7.66. The standard InChI is InChI=1S/C21H24FN7/c1-2-16-20(13-6-8-15(22)9-7-13)27-28-21(16)26-18-10-19(24-12-23-18)29-17-5-3-4-14(17)11-25-29/h6-12,16,20-21,27-28H,2-5H2,1H3,(H,23,24,26). The number of anilines is 1. The Labute approximate surface area is 168 Å². The van der Waals surface area contributed by atoms with E-state index in [4.69, 9.17) is 0 Å². The Bertz CT molecular complexity index is 1000. The fourth-order valence-electron chi connectivity index (χ4n) is 4.43. The first-order chi connectivity index (χ1) is 14.2. The van der Waals surface area contributed by atoms with Crippen LogP contribution in [0.2, 0.25) is 0 Å². The minimum atomic E-state index is -0.221. The molecule has 3 unspecified atom stereocenters. The van der Waals surface area contributed by atoms with Crippen molar-refractivity contribution in [2.24, 2.45) is 5.92 Å². The summed E-state index contributed by atoms with van der Waals surface area (Å²) in [7, 11) is 0. The van der Waals surface area contributed by atoms with Crippen molar-refractivity contribution < 1.29 is 4.39 Å². The number of benzene rings is 1. The molecule has 1 saturated heterocycles. The summed E-state index contributed by atoms with van der Waals surface area (Å²) in [6, 6.07) is 8.70. The summed E-state index contributed by atoms with van der Waals surface area (Å²) in [6.45, 7) is 2.16. The van der Waals surface area contributed by atoms with Crippen LogP contribution >= 0.6 is 0 Å². The molecule has 7 nitrogen and oxygen atoms in total. The summed E-state index contributed by atoms with van der Waals surface area (Å²) < 4.78 is 15.2. The van der Waals surface area contributed by atoms with Gasteiger partial charge < -0.3 is 5.32 Å². The molecule has 2 aliphatic rings. The van der Waals surface area contributed by atoms with E-state index in [1.165, 1.54) is 29.8 Å². The Balaban J connectivity index is 1.35. The van der Waals surface area contributed by atoms with Gasteiger partial charge in [-0.25, -0.2) is 29.9 Å². The van der Waals surface area contributed by atoms with Crippen molar-refractivity contribution in [3.05, 3.63) is 65.5 Å². The van der Waals surface area contributed by atoms with Crippen molar-refractivity contribution in [2.75, 3.05) is 5.32 Å². The summed E-state index contributed by atoms with van der Waals surface area (Å²) in [6.07, 6.45) is 7.75. The predicted octanol–water partition coefficient (Wildman–Crippen LogP) is 2.90. The van der Waals surface area contributed by atoms with Crippen LogP contribution in [0, 0.1) is 11.7 Å². The lowest BCUT2D eigenvalue weighted by Gasteiger charge is -2.23. The van der Waals surface area contributed by atoms with Crippen molar-refractivity contribution >= 4 is 5.82 Å². The maximum atomic E-state index is 13.3. The van der Waals surface area contributed by atoms with Gasteiger partial charge in [0.05, 0.1) is 18.4 Å². The van der Waals surface area contributed by atoms with E-state index in [9.17, 15) is 4.39 Å². The highest BCUT2D eigenvalue weighted by molar-refractivity contribution is 5.43. The highest BCUT2D eigenvalue weighted by atomic mass is 19.1. The highest BCUT2D eigenvalue weighted by Gasteiger charge is 2.35. The average Bonchev–Trinajstić information content (AvgIpc) is 3.44. The molecule has 3 heterocycles. The molecule has 150 valence electrons. The zero-order chi connectivity index (χ0) is 19.8. The third-order valence-electron chi connectivity index (χ3n) is 5.94. The zero-order valence-corrected chi connectivity index (χ0v) is 16.3. The predicted molar refractivity (Wildman–Crippen MR) is 108 cm³/mol. The van der Waals surface area contributed by atoms with Crippen LogP contribution in [0.1, 0.15) is 42.6 Å². The molecule has 5 rings (SSSR count). The van der Waals surface area contributed by atoms with Gasteiger partial charge in [0.2, 0.25) is 0 Å². The molecule has 0 amide bonds. The molecule has 0 saturated carbocycles. The number of hydrogen-bond acceptors (Lipinski definition) is 6. The Morgan fingerprint density at radius 2 is 2.03 bits per heavy atom. The van der Waals surface area contributed by atoms with Crippen LogP contribution in [0.4, 0.5) is 10.2 Å². The maximum Gasteiger partial charge on any atom is 0.159 e. The van der Waals surface area contributed by atoms with Gasteiger partial charge in [-0.3, -0.25) is 0 Å². The third kappa shape index (κ3) is 3.38. The minimum Gasteiger partial charge on any atom is -0.353 e. The second kappa shape index (κ2) is 7.53. The van der Waals surface area contributed by atoms with Gasteiger partial charge in [-0.05, 0) is 48.9 Å². The normalized spacial score (nSPS) is 23.3. The smallest absolute Gasteiger partial charge is 0.159 e. The topological polar surface area (TPSA) is 79.7 Å². The van der Waals surface area contributed by atoms with Crippen LogP contribution in [0.3, 0.4) is 0 Å². The fourth-order valence-corrected chi connectivity index (χ4v) is 4.43. The number of rotatable bonds is 5. The van der Waals surface area contributed by atoms with E-state index in [-0.39, 0.29) is 23.9 Å². The SMILES string of the molecule is CCC1C(Nc2cc(-n3ncc4c3CCC4)ncn2)NNC1c1ccc(F)cc1. The van der Waals surface area contributed by atoms with Gasteiger partial charge in [-0.1, -0.05) is 19.1 Å². The maximum absolute atomic E-state index is 13.3. The van der Waals surface area contributed by atoms with Gasteiger partial charge in [0, 0.05) is 17.7 Å². The summed E-state index contributed by atoms with van der Waals surface area (Å²) >= 11 is 0. The largest absolute Gasteiger partial charge is 0.353 e. The molecule has 1 aliphatic heterocycles. The molecule has 3 aromatic rings. The molecule has 0 bridgehead atoms. The fraction of sp³-hybridized carbons (Fsp3) is 0.381. The summed E-state index contributed by atoms with van der Waals surface area (Å²) in [5, 5.41) is 7.99.